The quantitative estimate of drug-likeness (QED) is 0.634. The van der Waals surface area contributed by atoms with Gasteiger partial charge in [0.15, 0.2) is 0 Å². The van der Waals surface area contributed by atoms with Crippen LogP contribution in [0.25, 0.3) is 0 Å². The number of hydrogen-bond acceptors (Lipinski definition) is 3. The predicted molar refractivity (Wildman–Crippen MR) is 48.4 cm³/mol. The van der Waals surface area contributed by atoms with E-state index in [2.05, 4.69) is 10.2 Å². The number of nitrogens with one attached hydrogen (secondary N) is 1. The SMILES string of the molecule is O=C1CC[C@@H](CN2CCOCC2)N1. The lowest BCUT2D eigenvalue weighted by molar-refractivity contribution is -0.119. The molecule has 0 aromatic carbocycles. The van der Waals surface area contributed by atoms with E-state index in [9.17, 15) is 4.79 Å². The zero-order valence-electron chi connectivity index (χ0n) is 7.79. The summed E-state index contributed by atoms with van der Waals surface area (Å²) in [4.78, 5) is 13.3. The highest BCUT2D eigenvalue weighted by Crippen LogP contribution is 2.09. The van der Waals surface area contributed by atoms with Gasteiger partial charge in [-0.2, -0.15) is 0 Å². The van der Waals surface area contributed by atoms with Gasteiger partial charge < -0.3 is 10.1 Å². The number of hydrogen-bond donors (Lipinski definition) is 1. The van der Waals surface area contributed by atoms with Crippen LogP contribution in [-0.4, -0.2) is 49.7 Å². The van der Waals surface area contributed by atoms with Crippen LogP contribution in [-0.2, 0) is 9.53 Å². The van der Waals surface area contributed by atoms with Crippen LogP contribution >= 0.6 is 0 Å². The Balaban J connectivity index is 1.73. The van der Waals surface area contributed by atoms with Crippen molar-refractivity contribution in [3.63, 3.8) is 0 Å². The van der Waals surface area contributed by atoms with Gasteiger partial charge in [0, 0.05) is 32.1 Å². The number of rotatable bonds is 2. The highest BCUT2D eigenvalue weighted by molar-refractivity contribution is 5.78. The molecule has 13 heavy (non-hydrogen) atoms. The van der Waals surface area contributed by atoms with Crippen LogP contribution in [0.1, 0.15) is 12.8 Å². The molecule has 0 spiro atoms. The van der Waals surface area contributed by atoms with Crippen molar-refractivity contribution in [2.75, 3.05) is 32.8 Å². The summed E-state index contributed by atoms with van der Waals surface area (Å²) in [6.45, 7) is 4.68. The van der Waals surface area contributed by atoms with Gasteiger partial charge in [0.25, 0.3) is 0 Å². The maximum absolute atomic E-state index is 10.9. The largest absolute Gasteiger partial charge is 0.379 e. The molecular formula is C9H16N2O2. The highest BCUT2D eigenvalue weighted by atomic mass is 16.5. The third kappa shape index (κ3) is 2.42. The van der Waals surface area contributed by atoms with E-state index in [1.165, 1.54) is 0 Å². The van der Waals surface area contributed by atoms with Gasteiger partial charge in [-0.25, -0.2) is 0 Å². The van der Waals surface area contributed by atoms with E-state index in [1.807, 2.05) is 0 Å². The van der Waals surface area contributed by atoms with Crippen LogP contribution in [0.5, 0.6) is 0 Å². The molecule has 2 aliphatic heterocycles. The molecule has 1 N–H and O–H groups in total. The fourth-order valence-electron chi connectivity index (χ4n) is 1.91. The second kappa shape index (κ2) is 4.07. The predicted octanol–water partition coefficient (Wildman–Crippen LogP) is -0.403. The summed E-state index contributed by atoms with van der Waals surface area (Å²) < 4.78 is 5.26. The topological polar surface area (TPSA) is 41.6 Å². The van der Waals surface area contributed by atoms with Gasteiger partial charge in [-0.1, -0.05) is 0 Å². The van der Waals surface area contributed by atoms with Crippen molar-refractivity contribution < 1.29 is 9.53 Å². The number of carbonyl (C=O) groups is 1. The van der Waals surface area contributed by atoms with E-state index in [0.29, 0.717) is 12.5 Å². The normalized spacial score (nSPS) is 30.5. The van der Waals surface area contributed by atoms with Crippen molar-refractivity contribution >= 4 is 5.91 Å². The summed E-state index contributed by atoms with van der Waals surface area (Å²) >= 11 is 0. The van der Waals surface area contributed by atoms with Crippen molar-refractivity contribution in [2.24, 2.45) is 0 Å². The van der Waals surface area contributed by atoms with E-state index in [4.69, 9.17) is 4.74 Å². The fourth-order valence-corrected chi connectivity index (χ4v) is 1.91. The molecule has 2 heterocycles. The first kappa shape index (κ1) is 8.97. The van der Waals surface area contributed by atoms with Crippen molar-refractivity contribution in [1.29, 1.82) is 0 Å². The van der Waals surface area contributed by atoms with E-state index >= 15 is 0 Å². The first-order valence-corrected chi connectivity index (χ1v) is 4.94. The van der Waals surface area contributed by atoms with Crippen molar-refractivity contribution in [3.05, 3.63) is 0 Å². The Labute approximate surface area is 78.2 Å². The molecular weight excluding hydrogens is 168 g/mol. The molecule has 0 radical (unpaired) electrons. The molecule has 74 valence electrons. The second-order valence-corrected chi connectivity index (χ2v) is 3.72. The van der Waals surface area contributed by atoms with Crippen molar-refractivity contribution in [1.82, 2.24) is 10.2 Å². The van der Waals surface area contributed by atoms with Crippen LogP contribution < -0.4 is 5.32 Å². The van der Waals surface area contributed by atoms with Crippen molar-refractivity contribution in [2.45, 2.75) is 18.9 Å². The van der Waals surface area contributed by atoms with Crippen molar-refractivity contribution in [3.8, 4) is 0 Å². The molecule has 2 fully saturated rings. The summed E-state index contributed by atoms with van der Waals surface area (Å²) in [6, 6.07) is 0.380. The number of amides is 1. The number of nitrogens with zero attached hydrogens (tertiary/aromatic N) is 1. The van der Waals surface area contributed by atoms with Gasteiger partial charge >= 0.3 is 0 Å². The molecule has 2 saturated heterocycles. The van der Waals surface area contributed by atoms with E-state index < -0.39 is 0 Å². The first-order valence-electron chi connectivity index (χ1n) is 4.94. The Morgan fingerprint density at radius 2 is 2.23 bits per heavy atom. The lowest BCUT2D eigenvalue weighted by Crippen LogP contribution is -2.44. The summed E-state index contributed by atoms with van der Waals surface area (Å²) in [5, 5.41) is 2.98. The highest BCUT2D eigenvalue weighted by Gasteiger charge is 2.23. The molecule has 1 atom stereocenters. The third-order valence-corrected chi connectivity index (χ3v) is 2.67. The minimum atomic E-state index is 0.207. The lowest BCUT2D eigenvalue weighted by Gasteiger charge is -2.28. The molecule has 2 rings (SSSR count). The molecule has 0 unspecified atom stereocenters. The number of ether oxygens (including phenoxy) is 1. The van der Waals surface area contributed by atoms with Crippen LogP contribution in [0.2, 0.25) is 0 Å². The lowest BCUT2D eigenvalue weighted by atomic mass is 10.2. The molecule has 0 bridgehead atoms. The maximum Gasteiger partial charge on any atom is 0.220 e. The monoisotopic (exact) mass is 184 g/mol. The number of morpholine rings is 1. The Hall–Kier alpha value is -0.610. The summed E-state index contributed by atoms with van der Waals surface area (Å²) in [5.41, 5.74) is 0. The Morgan fingerprint density at radius 3 is 2.85 bits per heavy atom. The first-order chi connectivity index (χ1) is 6.34. The average Bonchev–Trinajstić information content (AvgIpc) is 2.53. The van der Waals surface area contributed by atoms with Gasteiger partial charge in [0.1, 0.15) is 0 Å². The molecule has 4 nitrogen and oxygen atoms in total. The smallest absolute Gasteiger partial charge is 0.220 e. The standard InChI is InChI=1S/C9H16N2O2/c12-9-2-1-8(10-9)7-11-3-5-13-6-4-11/h8H,1-7H2,(H,10,12)/t8-/m0/s1. The molecule has 0 aliphatic carbocycles. The van der Waals surface area contributed by atoms with E-state index in [0.717, 1.165) is 39.3 Å². The van der Waals surface area contributed by atoms with Gasteiger partial charge in [-0.05, 0) is 6.42 Å². The van der Waals surface area contributed by atoms with Crippen LogP contribution in [0.3, 0.4) is 0 Å². The molecule has 0 saturated carbocycles. The minimum absolute atomic E-state index is 0.207. The Kier molecular flexibility index (Phi) is 2.80. The number of carbonyl (C=O) groups excluding carboxylic acids is 1. The Morgan fingerprint density at radius 1 is 1.46 bits per heavy atom. The zero-order chi connectivity index (χ0) is 9.10. The van der Waals surface area contributed by atoms with Gasteiger partial charge in [0.05, 0.1) is 13.2 Å². The van der Waals surface area contributed by atoms with Gasteiger partial charge in [-0.3, -0.25) is 9.69 Å². The summed E-state index contributed by atoms with van der Waals surface area (Å²) in [7, 11) is 0. The molecule has 2 aliphatic rings. The Bertz CT molecular complexity index is 190. The average molecular weight is 184 g/mol. The van der Waals surface area contributed by atoms with E-state index in [-0.39, 0.29) is 5.91 Å². The van der Waals surface area contributed by atoms with E-state index in [1.54, 1.807) is 0 Å². The second-order valence-electron chi connectivity index (χ2n) is 3.72. The third-order valence-electron chi connectivity index (χ3n) is 2.67. The fraction of sp³-hybridized carbons (Fsp3) is 0.889. The van der Waals surface area contributed by atoms with Crippen LogP contribution in [0, 0.1) is 0 Å². The molecule has 1 amide bonds. The summed E-state index contributed by atoms with van der Waals surface area (Å²) in [5.74, 6) is 0.207. The van der Waals surface area contributed by atoms with Crippen LogP contribution in [0.15, 0.2) is 0 Å². The minimum Gasteiger partial charge on any atom is -0.379 e. The molecule has 4 heteroatoms. The summed E-state index contributed by atoms with van der Waals surface area (Å²) in [6.07, 6.45) is 1.70. The van der Waals surface area contributed by atoms with Gasteiger partial charge in [-0.15, -0.1) is 0 Å². The maximum atomic E-state index is 10.9. The molecule has 0 aromatic heterocycles. The zero-order valence-corrected chi connectivity index (χ0v) is 7.79. The molecule has 0 aromatic rings. The van der Waals surface area contributed by atoms with Gasteiger partial charge in [0.2, 0.25) is 5.91 Å². The van der Waals surface area contributed by atoms with Crippen LogP contribution in [0.4, 0.5) is 0 Å².